The van der Waals surface area contributed by atoms with Crippen molar-refractivity contribution in [3.8, 4) is 0 Å². The third-order valence-electron chi connectivity index (χ3n) is 4.65. The number of nitrogens with one attached hydrogen (secondary N) is 2. The van der Waals surface area contributed by atoms with Crippen LogP contribution in [0.2, 0.25) is 0 Å². The number of sulfonamides is 1. The Morgan fingerprint density at radius 1 is 1.06 bits per heavy atom. The van der Waals surface area contributed by atoms with E-state index in [9.17, 15) is 26.8 Å². The highest BCUT2D eigenvalue weighted by Gasteiger charge is 2.28. The van der Waals surface area contributed by atoms with Gasteiger partial charge in [0.2, 0.25) is 15.9 Å². The summed E-state index contributed by atoms with van der Waals surface area (Å²) in [4.78, 5) is 27.6. The second-order valence-electron chi connectivity index (χ2n) is 7.23. The first-order chi connectivity index (χ1) is 15.5. The van der Waals surface area contributed by atoms with Crippen molar-refractivity contribution in [1.29, 1.82) is 0 Å². The smallest absolute Gasteiger partial charge is 0.324 e. The largest absolute Gasteiger partial charge is 0.453 e. The lowest BCUT2D eigenvalue weighted by molar-refractivity contribution is -0.151. The molecule has 1 aromatic heterocycles. The molecule has 0 saturated carbocycles. The van der Waals surface area contributed by atoms with Crippen molar-refractivity contribution in [3.63, 3.8) is 0 Å². The number of para-hydroxylation sites is 2. The van der Waals surface area contributed by atoms with Gasteiger partial charge in [-0.1, -0.05) is 12.1 Å². The normalized spacial score (nSPS) is 13.6. The summed E-state index contributed by atoms with van der Waals surface area (Å²) < 4.78 is 60.5. The molecule has 2 N–H and O–H groups in total. The maximum Gasteiger partial charge on any atom is 0.324 e. The number of imidazole rings is 1. The van der Waals surface area contributed by atoms with E-state index >= 15 is 0 Å². The van der Waals surface area contributed by atoms with E-state index in [1.807, 2.05) is 0 Å². The third-order valence-corrected chi connectivity index (χ3v) is 6.20. The zero-order valence-corrected chi connectivity index (χ0v) is 18.8. The number of hydrogen-bond acceptors (Lipinski definition) is 6. The summed E-state index contributed by atoms with van der Waals surface area (Å²) in [5.74, 6) is -1.44. The number of halogens is 2. The number of nitrogens with zero attached hydrogens (tertiary/aromatic N) is 2. The number of alkyl halides is 2. The number of benzene rings is 2. The monoisotopic (exact) mass is 480 g/mol. The van der Waals surface area contributed by atoms with Crippen LogP contribution in [0.4, 0.5) is 14.5 Å². The number of ether oxygens (including phenoxy) is 1. The molecule has 3 aromatic rings. The molecule has 0 aliphatic carbocycles. The average molecular weight is 480 g/mol. The molecule has 3 rings (SSSR count). The van der Waals surface area contributed by atoms with Crippen LogP contribution in [0, 0.1) is 0 Å². The first kappa shape index (κ1) is 24.3. The van der Waals surface area contributed by atoms with Crippen molar-refractivity contribution in [2.45, 2.75) is 44.4 Å². The number of carbonyl (C=O) groups is 2. The fourth-order valence-electron chi connectivity index (χ4n) is 3.15. The molecule has 0 aliphatic rings. The van der Waals surface area contributed by atoms with Gasteiger partial charge < -0.3 is 10.1 Å². The van der Waals surface area contributed by atoms with Gasteiger partial charge in [-0.15, -0.1) is 0 Å². The topological polar surface area (TPSA) is 119 Å². The maximum absolute atomic E-state index is 13.6. The van der Waals surface area contributed by atoms with Gasteiger partial charge in [0.15, 0.2) is 11.9 Å². The van der Waals surface area contributed by atoms with Crippen LogP contribution in [0.5, 0.6) is 0 Å². The van der Waals surface area contributed by atoms with Crippen molar-refractivity contribution in [2.75, 3.05) is 5.32 Å². The van der Waals surface area contributed by atoms with E-state index in [1.165, 1.54) is 51.1 Å². The Balaban J connectivity index is 1.72. The zero-order valence-electron chi connectivity index (χ0n) is 18.0. The summed E-state index contributed by atoms with van der Waals surface area (Å²) in [6.07, 6.45) is -1.16. The molecule has 0 radical (unpaired) electrons. The number of aromatic nitrogens is 2. The first-order valence-electron chi connectivity index (χ1n) is 9.85. The van der Waals surface area contributed by atoms with Gasteiger partial charge in [-0.3, -0.25) is 14.2 Å². The summed E-state index contributed by atoms with van der Waals surface area (Å²) in [5, 5.41) is 2.51. The lowest BCUT2D eigenvalue weighted by atomic mass is 10.3. The number of hydrogen-bond donors (Lipinski definition) is 2. The van der Waals surface area contributed by atoms with Gasteiger partial charge in [-0.05, 0) is 50.2 Å². The van der Waals surface area contributed by atoms with Crippen LogP contribution < -0.4 is 10.0 Å². The highest BCUT2D eigenvalue weighted by Crippen LogP contribution is 2.28. The summed E-state index contributed by atoms with van der Waals surface area (Å²) in [7, 11) is -4.10. The number of rotatable bonds is 8. The molecule has 2 aromatic carbocycles. The Hall–Kier alpha value is -3.38. The minimum atomic E-state index is -4.10. The third kappa shape index (κ3) is 5.52. The molecular weight excluding hydrogens is 458 g/mol. The number of carbonyl (C=O) groups excluding carboxylic acids is 2. The Kier molecular flexibility index (Phi) is 7.08. The van der Waals surface area contributed by atoms with Gasteiger partial charge in [-0.25, -0.2) is 13.4 Å². The molecule has 176 valence electrons. The van der Waals surface area contributed by atoms with E-state index in [-0.39, 0.29) is 22.1 Å². The van der Waals surface area contributed by atoms with Crippen LogP contribution in [0.3, 0.4) is 0 Å². The molecule has 9 nitrogen and oxygen atoms in total. The van der Waals surface area contributed by atoms with Crippen LogP contribution in [-0.4, -0.2) is 35.9 Å². The maximum atomic E-state index is 13.6. The predicted octanol–water partition coefficient (Wildman–Crippen LogP) is 3.36. The van der Waals surface area contributed by atoms with E-state index in [4.69, 9.17) is 4.74 Å². The van der Waals surface area contributed by atoms with Gasteiger partial charge in [0.25, 0.3) is 0 Å². The van der Waals surface area contributed by atoms with Crippen molar-refractivity contribution >= 4 is 38.6 Å². The van der Waals surface area contributed by atoms with E-state index in [0.29, 0.717) is 15.8 Å². The van der Waals surface area contributed by atoms with Crippen LogP contribution in [0.25, 0.3) is 11.0 Å². The fourth-order valence-corrected chi connectivity index (χ4v) is 4.35. The quantitative estimate of drug-likeness (QED) is 0.477. The van der Waals surface area contributed by atoms with E-state index in [1.54, 1.807) is 18.2 Å². The minimum absolute atomic E-state index is 0.135. The molecule has 0 fully saturated rings. The summed E-state index contributed by atoms with van der Waals surface area (Å²) >= 11 is 0. The highest BCUT2D eigenvalue weighted by molar-refractivity contribution is 7.89. The van der Waals surface area contributed by atoms with Crippen LogP contribution in [-0.2, 0) is 24.3 Å². The number of esters is 1. The molecule has 0 saturated heterocycles. The summed E-state index contributed by atoms with van der Waals surface area (Å²) in [5.41, 5.74) is 0.902. The zero-order chi connectivity index (χ0) is 24.3. The average Bonchev–Trinajstić information content (AvgIpc) is 3.13. The van der Waals surface area contributed by atoms with Crippen LogP contribution in [0.15, 0.2) is 53.4 Å². The van der Waals surface area contributed by atoms with Crippen LogP contribution in [0.1, 0.15) is 39.2 Å². The molecule has 0 bridgehead atoms. The summed E-state index contributed by atoms with van der Waals surface area (Å²) in [6, 6.07) is 10.3. The van der Waals surface area contributed by atoms with E-state index < -0.39 is 34.7 Å². The Labute approximate surface area is 188 Å². The Bertz CT molecular complexity index is 1280. The second-order valence-corrected chi connectivity index (χ2v) is 8.95. The molecule has 33 heavy (non-hydrogen) atoms. The fraction of sp³-hybridized carbons (Fsp3) is 0.286. The highest BCUT2D eigenvalue weighted by atomic mass is 32.2. The molecule has 1 amide bonds. The van der Waals surface area contributed by atoms with Gasteiger partial charge in [-0.2, -0.15) is 13.5 Å². The lowest BCUT2D eigenvalue weighted by Gasteiger charge is -2.18. The van der Waals surface area contributed by atoms with Crippen LogP contribution >= 0.6 is 0 Å². The van der Waals surface area contributed by atoms with Gasteiger partial charge >= 0.3 is 12.5 Å². The number of anilines is 1. The standard InChI is InChI=1S/C21H22F2N4O5S/c1-12(26-33(30,31)16-10-8-15(9-11-16)24-14(3)28)20(29)32-13(2)19-25-17-6-4-5-7-18(17)27(19)21(22)23/h4-13,21,26H,1-3H3,(H,24,28)/t12-,13?/m0/s1. The lowest BCUT2D eigenvalue weighted by Crippen LogP contribution is -2.39. The molecule has 2 atom stereocenters. The predicted molar refractivity (Wildman–Crippen MR) is 116 cm³/mol. The molecule has 0 spiro atoms. The van der Waals surface area contributed by atoms with Crippen molar-refractivity contribution in [1.82, 2.24) is 14.3 Å². The SMILES string of the molecule is CC(=O)Nc1ccc(S(=O)(=O)N[C@@H](C)C(=O)OC(C)c2nc3ccccc3n2C(F)F)cc1. The van der Waals surface area contributed by atoms with Crippen molar-refractivity contribution < 1.29 is 31.5 Å². The molecule has 0 aliphatic heterocycles. The minimum Gasteiger partial charge on any atom is -0.453 e. The number of amides is 1. The molecule has 1 unspecified atom stereocenters. The summed E-state index contributed by atoms with van der Waals surface area (Å²) in [6.45, 7) is 1.05. The van der Waals surface area contributed by atoms with Crippen molar-refractivity contribution in [2.24, 2.45) is 0 Å². The Morgan fingerprint density at radius 3 is 2.30 bits per heavy atom. The number of fused-ring (bicyclic) bond motifs is 1. The van der Waals surface area contributed by atoms with E-state index in [2.05, 4.69) is 15.0 Å². The molecular formula is C21H22F2N4O5S. The second kappa shape index (κ2) is 9.63. The van der Waals surface area contributed by atoms with Gasteiger partial charge in [0.05, 0.1) is 15.9 Å². The first-order valence-corrected chi connectivity index (χ1v) is 11.3. The van der Waals surface area contributed by atoms with Gasteiger partial charge in [0.1, 0.15) is 6.04 Å². The molecule has 1 heterocycles. The van der Waals surface area contributed by atoms with Crippen molar-refractivity contribution in [3.05, 3.63) is 54.4 Å². The Morgan fingerprint density at radius 2 is 1.70 bits per heavy atom. The van der Waals surface area contributed by atoms with E-state index in [0.717, 1.165) is 0 Å². The molecule has 12 heteroatoms. The van der Waals surface area contributed by atoms with Gasteiger partial charge in [0, 0.05) is 12.6 Å².